The van der Waals surface area contributed by atoms with Gasteiger partial charge in [-0.2, -0.15) is 5.26 Å². The molecule has 5 nitrogen and oxygen atoms in total. The molecule has 0 saturated carbocycles. The Hall–Kier alpha value is -1.12. The molecule has 0 atom stereocenters. The van der Waals surface area contributed by atoms with Gasteiger partial charge in [-0.05, 0) is 0 Å². The van der Waals surface area contributed by atoms with Crippen LogP contribution in [0.4, 0.5) is 0 Å². The number of hydrogen-bond donors (Lipinski definition) is 0. The molecular weight excluding hydrogens is 194 g/mol. The van der Waals surface area contributed by atoms with Gasteiger partial charge in [0.1, 0.15) is 5.41 Å². The monoisotopic (exact) mass is 209 g/mol. The quantitative estimate of drug-likeness (QED) is 0.577. The van der Waals surface area contributed by atoms with Crippen molar-refractivity contribution >= 4 is 6.41 Å². The molecule has 0 aromatic rings. The van der Waals surface area contributed by atoms with Crippen LogP contribution >= 0.6 is 0 Å². The maximum atomic E-state index is 10.5. The van der Waals surface area contributed by atoms with Crippen LogP contribution in [0.2, 0.25) is 0 Å². The Kier molecular flexibility index (Phi) is 2.89. The van der Waals surface area contributed by atoms with E-state index in [9.17, 15) is 4.79 Å². The third-order valence-corrected chi connectivity index (χ3v) is 3.08. The van der Waals surface area contributed by atoms with Gasteiger partial charge in [0.15, 0.2) is 0 Å². The zero-order chi connectivity index (χ0) is 10.7. The van der Waals surface area contributed by atoms with Crippen LogP contribution in [-0.4, -0.2) is 62.1 Å². The van der Waals surface area contributed by atoms with Crippen LogP contribution in [0.3, 0.4) is 0 Å². The summed E-state index contributed by atoms with van der Waals surface area (Å²) in [6, 6.07) is 2.34. The molecule has 2 aliphatic heterocycles. The van der Waals surface area contributed by atoms with Gasteiger partial charge in [0.05, 0.1) is 19.3 Å². The van der Waals surface area contributed by atoms with E-state index in [4.69, 9.17) is 10.00 Å². The summed E-state index contributed by atoms with van der Waals surface area (Å²) in [6.45, 7) is 5.15. The molecule has 0 radical (unpaired) electrons. The number of ether oxygens (including phenoxy) is 1. The number of amides is 1. The van der Waals surface area contributed by atoms with Crippen molar-refractivity contribution in [3.05, 3.63) is 0 Å². The van der Waals surface area contributed by atoms with Gasteiger partial charge in [-0.25, -0.2) is 0 Å². The Balaban J connectivity index is 1.82. The zero-order valence-corrected chi connectivity index (χ0v) is 8.69. The fraction of sp³-hybridized carbons (Fsp3) is 0.800. The summed E-state index contributed by atoms with van der Waals surface area (Å²) < 4.78 is 5.10. The van der Waals surface area contributed by atoms with E-state index < -0.39 is 0 Å². The highest BCUT2D eigenvalue weighted by Gasteiger charge is 2.40. The first kappa shape index (κ1) is 10.4. The van der Waals surface area contributed by atoms with Gasteiger partial charge in [-0.1, -0.05) is 0 Å². The molecule has 0 spiro atoms. The second-order valence-electron chi connectivity index (χ2n) is 4.30. The van der Waals surface area contributed by atoms with Crippen LogP contribution in [0.5, 0.6) is 0 Å². The standard InChI is InChI=1S/C10H15N3O2/c11-5-10(7-15-8-10)6-12-1-3-13(9-14)4-2-12/h9H,1-4,6-8H2. The molecule has 2 aliphatic rings. The van der Waals surface area contributed by atoms with E-state index in [1.54, 1.807) is 4.90 Å². The number of nitrogens with zero attached hydrogens (tertiary/aromatic N) is 3. The lowest BCUT2D eigenvalue weighted by molar-refractivity contribution is -0.121. The van der Waals surface area contributed by atoms with Crippen molar-refractivity contribution in [2.24, 2.45) is 5.41 Å². The first-order valence-electron chi connectivity index (χ1n) is 5.19. The summed E-state index contributed by atoms with van der Waals surface area (Å²) in [7, 11) is 0. The van der Waals surface area contributed by atoms with Gasteiger partial charge in [0.25, 0.3) is 0 Å². The van der Waals surface area contributed by atoms with Gasteiger partial charge >= 0.3 is 0 Å². The normalized spacial score (nSPS) is 25.4. The van der Waals surface area contributed by atoms with Crippen molar-refractivity contribution in [3.8, 4) is 6.07 Å². The van der Waals surface area contributed by atoms with E-state index in [0.717, 1.165) is 39.1 Å². The first-order chi connectivity index (χ1) is 7.28. The minimum atomic E-state index is -0.288. The molecule has 2 fully saturated rings. The van der Waals surface area contributed by atoms with E-state index in [1.165, 1.54) is 0 Å². The van der Waals surface area contributed by atoms with Gasteiger partial charge in [0.2, 0.25) is 6.41 Å². The van der Waals surface area contributed by atoms with Crippen molar-refractivity contribution in [3.63, 3.8) is 0 Å². The molecule has 2 heterocycles. The lowest BCUT2D eigenvalue weighted by Crippen LogP contribution is -2.54. The van der Waals surface area contributed by atoms with Crippen LogP contribution in [0.15, 0.2) is 0 Å². The summed E-state index contributed by atoms with van der Waals surface area (Å²) in [5.41, 5.74) is -0.288. The zero-order valence-electron chi connectivity index (χ0n) is 8.69. The maximum absolute atomic E-state index is 10.5. The number of nitriles is 1. The van der Waals surface area contributed by atoms with Crippen molar-refractivity contribution < 1.29 is 9.53 Å². The Morgan fingerprint density at radius 2 is 2.00 bits per heavy atom. The highest BCUT2D eigenvalue weighted by Crippen LogP contribution is 2.27. The third-order valence-electron chi connectivity index (χ3n) is 3.08. The van der Waals surface area contributed by atoms with Gasteiger partial charge in [0, 0.05) is 32.7 Å². The summed E-state index contributed by atoms with van der Waals surface area (Å²) in [5, 5.41) is 9.04. The largest absolute Gasteiger partial charge is 0.378 e. The van der Waals surface area contributed by atoms with Crippen LogP contribution < -0.4 is 0 Å². The van der Waals surface area contributed by atoms with Crippen LogP contribution in [0.1, 0.15) is 0 Å². The smallest absolute Gasteiger partial charge is 0.209 e. The molecule has 2 saturated heterocycles. The SMILES string of the molecule is N#CC1(CN2CCN(C=O)CC2)COC1. The molecule has 0 aromatic carbocycles. The fourth-order valence-corrected chi connectivity index (χ4v) is 1.99. The Bertz CT molecular complexity index is 275. The minimum Gasteiger partial charge on any atom is -0.378 e. The van der Waals surface area contributed by atoms with Crippen LogP contribution in [0, 0.1) is 16.7 Å². The molecule has 82 valence electrons. The molecule has 0 N–H and O–H groups in total. The van der Waals surface area contributed by atoms with Crippen molar-refractivity contribution in [1.29, 1.82) is 5.26 Å². The Morgan fingerprint density at radius 1 is 1.33 bits per heavy atom. The summed E-state index contributed by atoms with van der Waals surface area (Å²) in [5.74, 6) is 0. The predicted octanol–water partition coefficient (Wildman–Crippen LogP) is -0.699. The number of piperazine rings is 1. The van der Waals surface area contributed by atoms with E-state index in [1.807, 2.05) is 0 Å². The Morgan fingerprint density at radius 3 is 2.40 bits per heavy atom. The first-order valence-corrected chi connectivity index (χ1v) is 5.19. The Labute approximate surface area is 89.2 Å². The molecule has 2 rings (SSSR count). The van der Waals surface area contributed by atoms with Gasteiger partial charge < -0.3 is 9.64 Å². The maximum Gasteiger partial charge on any atom is 0.209 e. The van der Waals surface area contributed by atoms with E-state index in [-0.39, 0.29) is 5.41 Å². The lowest BCUT2D eigenvalue weighted by Gasteiger charge is -2.41. The lowest BCUT2D eigenvalue weighted by atomic mass is 9.87. The highest BCUT2D eigenvalue weighted by atomic mass is 16.5. The summed E-state index contributed by atoms with van der Waals surface area (Å²) in [6.07, 6.45) is 0.893. The third kappa shape index (κ3) is 2.11. The molecule has 0 bridgehead atoms. The van der Waals surface area contributed by atoms with Crippen molar-refractivity contribution in [2.45, 2.75) is 0 Å². The minimum absolute atomic E-state index is 0.288. The van der Waals surface area contributed by atoms with Gasteiger partial charge in [-0.3, -0.25) is 9.69 Å². The number of carbonyl (C=O) groups is 1. The molecule has 0 unspecified atom stereocenters. The summed E-state index contributed by atoms with van der Waals surface area (Å²) in [4.78, 5) is 14.5. The predicted molar refractivity (Wildman–Crippen MR) is 52.9 cm³/mol. The van der Waals surface area contributed by atoms with E-state index >= 15 is 0 Å². The molecule has 0 aromatic heterocycles. The van der Waals surface area contributed by atoms with Crippen LogP contribution in [0.25, 0.3) is 0 Å². The molecular formula is C10H15N3O2. The highest BCUT2D eigenvalue weighted by molar-refractivity contribution is 5.47. The fourth-order valence-electron chi connectivity index (χ4n) is 1.99. The van der Waals surface area contributed by atoms with Crippen LogP contribution in [-0.2, 0) is 9.53 Å². The molecule has 15 heavy (non-hydrogen) atoms. The average molecular weight is 209 g/mol. The molecule has 1 amide bonds. The second kappa shape index (κ2) is 4.17. The number of hydrogen-bond acceptors (Lipinski definition) is 4. The van der Waals surface area contributed by atoms with Crippen molar-refractivity contribution in [2.75, 3.05) is 45.9 Å². The number of rotatable bonds is 3. The number of carbonyl (C=O) groups excluding carboxylic acids is 1. The topological polar surface area (TPSA) is 56.6 Å². The average Bonchev–Trinajstić information content (AvgIpc) is 2.24. The van der Waals surface area contributed by atoms with Crippen molar-refractivity contribution in [1.82, 2.24) is 9.80 Å². The van der Waals surface area contributed by atoms with E-state index in [2.05, 4.69) is 11.0 Å². The molecule has 0 aliphatic carbocycles. The molecule has 5 heteroatoms. The van der Waals surface area contributed by atoms with Gasteiger partial charge in [-0.15, -0.1) is 0 Å². The summed E-state index contributed by atoms with van der Waals surface area (Å²) >= 11 is 0. The second-order valence-corrected chi connectivity index (χ2v) is 4.30. The van der Waals surface area contributed by atoms with E-state index in [0.29, 0.717) is 13.2 Å².